The third kappa shape index (κ3) is 4.80. The van der Waals surface area contributed by atoms with Crippen molar-refractivity contribution in [2.45, 2.75) is 33.7 Å². The molecule has 0 spiro atoms. The summed E-state index contributed by atoms with van der Waals surface area (Å²) in [5.41, 5.74) is 5.16. The minimum atomic E-state index is -0.351. The van der Waals surface area contributed by atoms with E-state index < -0.39 is 0 Å². The highest BCUT2D eigenvalue weighted by Gasteiger charge is 2.39. The van der Waals surface area contributed by atoms with E-state index in [-0.39, 0.29) is 24.1 Å². The first-order valence-electron chi connectivity index (χ1n) is 11.0. The third-order valence-corrected chi connectivity index (χ3v) is 5.65. The van der Waals surface area contributed by atoms with Gasteiger partial charge >= 0.3 is 0 Å². The number of rotatable bonds is 8. The molecule has 4 rings (SSSR count). The molecule has 1 N–H and O–H groups in total. The Morgan fingerprint density at radius 2 is 1.64 bits per heavy atom. The summed E-state index contributed by atoms with van der Waals surface area (Å²) in [5.74, 6) is 0.0528. The summed E-state index contributed by atoms with van der Waals surface area (Å²) >= 11 is 0. The third-order valence-electron chi connectivity index (χ3n) is 5.65. The highest BCUT2D eigenvalue weighted by molar-refractivity contribution is 6.36. The number of aromatic nitrogens is 1. The molecule has 0 saturated carbocycles. The lowest BCUT2D eigenvalue weighted by atomic mass is 10.0. The summed E-state index contributed by atoms with van der Waals surface area (Å²) in [6, 6.07) is 16.8. The molecule has 6 nitrogen and oxygen atoms in total. The predicted octanol–water partition coefficient (Wildman–Crippen LogP) is 4.88. The molecule has 1 aliphatic rings. The van der Waals surface area contributed by atoms with E-state index in [2.05, 4.69) is 10.3 Å². The van der Waals surface area contributed by atoms with Crippen LogP contribution in [0.5, 0.6) is 5.75 Å². The zero-order chi connectivity index (χ0) is 23.4. The molecular formula is C27H27N3O3. The van der Waals surface area contributed by atoms with Crippen molar-refractivity contribution in [3.05, 3.63) is 94.9 Å². The molecule has 2 heterocycles. The Balaban J connectivity index is 1.71. The number of anilines is 1. The van der Waals surface area contributed by atoms with Gasteiger partial charge in [0.25, 0.3) is 11.8 Å². The lowest BCUT2D eigenvalue weighted by Gasteiger charge is -2.15. The number of benzene rings is 2. The number of amides is 2. The zero-order valence-electron chi connectivity index (χ0n) is 19.1. The summed E-state index contributed by atoms with van der Waals surface area (Å²) in [7, 11) is 0. The van der Waals surface area contributed by atoms with Gasteiger partial charge in [0.2, 0.25) is 0 Å². The average molecular weight is 442 g/mol. The molecule has 2 amide bonds. The van der Waals surface area contributed by atoms with Crippen LogP contribution >= 0.6 is 0 Å². The van der Waals surface area contributed by atoms with E-state index >= 15 is 0 Å². The normalized spacial score (nSPS) is 13.6. The number of hydrogen-bond acceptors (Lipinski definition) is 5. The molecule has 168 valence electrons. The number of hydrogen-bond donors (Lipinski definition) is 1. The quantitative estimate of drug-likeness (QED) is 0.505. The number of pyridine rings is 1. The Morgan fingerprint density at radius 1 is 0.909 bits per heavy atom. The highest BCUT2D eigenvalue weighted by atomic mass is 16.5. The molecule has 33 heavy (non-hydrogen) atoms. The number of ether oxygens (including phenoxy) is 1. The number of carbonyl (C=O) groups excluding carboxylic acids is 2. The van der Waals surface area contributed by atoms with Crippen molar-refractivity contribution in [1.82, 2.24) is 9.88 Å². The molecule has 0 bridgehead atoms. The van der Waals surface area contributed by atoms with Crippen LogP contribution in [-0.2, 0) is 16.1 Å². The molecule has 0 radical (unpaired) electrons. The molecule has 6 heteroatoms. The first-order valence-corrected chi connectivity index (χ1v) is 11.0. The predicted molar refractivity (Wildman–Crippen MR) is 128 cm³/mol. The summed E-state index contributed by atoms with van der Waals surface area (Å²) in [6.45, 7) is 6.90. The summed E-state index contributed by atoms with van der Waals surface area (Å²) in [6.07, 6.45) is 4.21. The Kier molecular flexibility index (Phi) is 6.54. The van der Waals surface area contributed by atoms with Gasteiger partial charge in [0.15, 0.2) is 0 Å². The Bertz CT molecular complexity index is 1200. The maximum Gasteiger partial charge on any atom is 0.278 e. The molecule has 0 aliphatic carbocycles. The molecule has 0 fully saturated rings. The second kappa shape index (κ2) is 9.69. The van der Waals surface area contributed by atoms with E-state index in [9.17, 15) is 9.59 Å². The summed E-state index contributed by atoms with van der Waals surface area (Å²) in [5, 5.41) is 3.23. The molecule has 1 aliphatic heterocycles. The molecule has 0 saturated heterocycles. The number of aryl methyl sites for hydroxylation is 2. The van der Waals surface area contributed by atoms with Gasteiger partial charge in [-0.05, 0) is 78.9 Å². The van der Waals surface area contributed by atoms with Crippen molar-refractivity contribution in [2.24, 2.45) is 0 Å². The number of carbonyl (C=O) groups is 2. The van der Waals surface area contributed by atoms with Gasteiger partial charge < -0.3 is 10.1 Å². The van der Waals surface area contributed by atoms with Crippen molar-refractivity contribution in [3.63, 3.8) is 0 Å². The number of nitrogens with zero attached hydrogens (tertiary/aromatic N) is 2. The van der Waals surface area contributed by atoms with E-state index in [1.54, 1.807) is 24.5 Å². The second-order valence-corrected chi connectivity index (χ2v) is 8.10. The maximum atomic E-state index is 13.5. The fourth-order valence-electron chi connectivity index (χ4n) is 3.68. The topological polar surface area (TPSA) is 71.5 Å². The van der Waals surface area contributed by atoms with Crippen molar-refractivity contribution >= 4 is 23.1 Å². The van der Waals surface area contributed by atoms with Crippen LogP contribution in [0.4, 0.5) is 5.69 Å². The van der Waals surface area contributed by atoms with Crippen molar-refractivity contribution < 1.29 is 14.3 Å². The molecule has 2 aromatic carbocycles. The van der Waals surface area contributed by atoms with Gasteiger partial charge in [-0.15, -0.1) is 0 Å². The van der Waals surface area contributed by atoms with E-state index in [1.807, 2.05) is 63.2 Å². The van der Waals surface area contributed by atoms with Gasteiger partial charge in [-0.25, -0.2) is 0 Å². The Labute approximate surface area is 193 Å². The van der Waals surface area contributed by atoms with Crippen molar-refractivity contribution in [1.29, 1.82) is 0 Å². The maximum absolute atomic E-state index is 13.5. The number of imide groups is 1. The van der Waals surface area contributed by atoms with Gasteiger partial charge in [-0.2, -0.15) is 0 Å². The van der Waals surface area contributed by atoms with E-state index in [4.69, 9.17) is 4.74 Å². The number of nitrogens with one attached hydrogen (secondary N) is 1. The van der Waals surface area contributed by atoms with Crippen molar-refractivity contribution in [3.8, 4) is 5.75 Å². The molecule has 0 unspecified atom stereocenters. The van der Waals surface area contributed by atoms with Gasteiger partial charge in [-0.1, -0.05) is 25.1 Å². The molecule has 1 aromatic heterocycles. The fraction of sp³-hybridized carbons (Fsp3) is 0.222. The van der Waals surface area contributed by atoms with E-state index in [1.165, 1.54) is 4.90 Å². The van der Waals surface area contributed by atoms with Gasteiger partial charge in [-0.3, -0.25) is 19.5 Å². The summed E-state index contributed by atoms with van der Waals surface area (Å²) in [4.78, 5) is 32.2. The van der Waals surface area contributed by atoms with Gasteiger partial charge in [0.05, 0.1) is 18.7 Å². The Morgan fingerprint density at radius 3 is 2.30 bits per heavy atom. The standard InChI is InChI=1S/C27H27N3O3/c1-4-15-33-23-9-6-21(7-10-23)24-25(29-22-8-5-18(2)19(3)16-22)27(32)30(26(24)31)17-20-11-13-28-14-12-20/h5-14,16,29H,4,15,17H2,1-3H3. The minimum Gasteiger partial charge on any atom is -0.494 e. The zero-order valence-corrected chi connectivity index (χ0v) is 19.1. The van der Waals surface area contributed by atoms with E-state index in [0.29, 0.717) is 17.7 Å². The Hall–Kier alpha value is -3.93. The monoisotopic (exact) mass is 441 g/mol. The molecule has 3 aromatic rings. The van der Waals surface area contributed by atoms with Crippen LogP contribution in [0.15, 0.2) is 72.7 Å². The lowest BCUT2D eigenvalue weighted by molar-refractivity contribution is -0.137. The highest BCUT2D eigenvalue weighted by Crippen LogP contribution is 2.32. The van der Waals surface area contributed by atoms with Crippen molar-refractivity contribution in [2.75, 3.05) is 11.9 Å². The smallest absolute Gasteiger partial charge is 0.278 e. The SMILES string of the molecule is CCCOc1ccc(C2=C(Nc3ccc(C)c(C)c3)C(=O)N(Cc3ccncc3)C2=O)cc1. The molecule has 0 atom stereocenters. The second-order valence-electron chi connectivity index (χ2n) is 8.10. The molecular weight excluding hydrogens is 414 g/mol. The van der Waals surface area contributed by atoms with Crippen LogP contribution < -0.4 is 10.1 Å². The van der Waals surface area contributed by atoms with Gasteiger partial charge in [0.1, 0.15) is 11.4 Å². The summed E-state index contributed by atoms with van der Waals surface area (Å²) < 4.78 is 5.67. The van der Waals surface area contributed by atoms with Crippen LogP contribution in [0, 0.1) is 13.8 Å². The van der Waals surface area contributed by atoms with Crippen LogP contribution in [0.3, 0.4) is 0 Å². The van der Waals surface area contributed by atoms with Crippen LogP contribution in [0.2, 0.25) is 0 Å². The first kappa shape index (κ1) is 22.3. The largest absolute Gasteiger partial charge is 0.494 e. The lowest BCUT2D eigenvalue weighted by Crippen LogP contribution is -2.32. The van der Waals surface area contributed by atoms with Gasteiger partial charge in [0, 0.05) is 18.1 Å². The minimum absolute atomic E-state index is 0.180. The van der Waals surface area contributed by atoms with Crippen LogP contribution in [-0.4, -0.2) is 28.3 Å². The average Bonchev–Trinajstić information content (AvgIpc) is 3.05. The van der Waals surface area contributed by atoms with E-state index in [0.717, 1.165) is 34.5 Å². The fourth-order valence-corrected chi connectivity index (χ4v) is 3.68. The van der Waals surface area contributed by atoms with Crippen LogP contribution in [0.1, 0.15) is 35.6 Å². The first-order chi connectivity index (χ1) is 16.0. The van der Waals surface area contributed by atoms with Crippen LogP contribution in [0.25, 0.3) is 5.57 Å².